The molecule has 0 unspecified atom stereocenters. The van der Waals surface area contributed by atoms with E-state index in [0.29, 0.717) is 12.1 Å². The summed E-state index contributed by atoms with van der Waals surface area (Å²) in [7, 11) is 0. The van der Waals surface area contributed by atoms with Gasteiger partial charge in [-0.3, -0.25) is 4.79 Å². The fourth-order valence-corrected chi connectivity index (χ4v) is 1.76. The number of carbonyl (C=O) groups excluding carboxylic acids is 1. The van der Waals surface area contributed by atoms with Crippen LogP contribution >= 0.6 is 15.9 Å². The Hall–Kier alpha value is -1.10. The summed E-state index contributed by atoms with van der Waals surface area (Å²) >= 11 is 2.99. The highest BCUT2D eigenvalue weighted by Gasteiger charge is 2.26. The van der Waals surface area contributed by atoms with Crippen LogP contribution in [0.2, 0.25) is 0 Å². The third kappa shape index (κ3) is 1.11. The summed E-state index contributed by atoms with van der Waals surface area (Å²) in [5.74, 6) is -1.86. The number of nitrogens with one attached hydrogen (secondary N) is 1. The van der Waals surface area contributed by atoms with Gasteiger partial charge < -0.3 is 10.4 Å². The van der Waals surface area contributed by atoms with Gasteiger partial charge in [-0.15, -0.1) is 0 Å². The SMILES string of the molecule is O=C1NCc2cc(Br)c(O)c(F)c21. The number of halogens is 2. The first kappa shape index (κ1) is 8.50. The molecule has 1 aromatic carbocycles. The van der Waals surface area contributed by atoms with Crippen LogP contribution in [-0.2, 0) is 6.54 Å². The van der Waals surface area contributed by atoms with Crippen LogP contribution in [0.4, 0.5) is 4.39 Å². The summed E-state index contributed by atoms with van der Waals surface area (Å²) in [4.78, 5) is 11.1. The Morgan fingerprint density at radius 3 is 3.00 bits per heavy atom. The molecular formula is C8H5BrFNO2. The van der Waals surface area contributed by atoms with Crippen molar-refractivity contribution in [1.29, 1.82) is 0 Å². The summed E-state index contributed by atoms with van der Waals surface area (Å²) in [6, 6.07) is 1.53. The third-order valence-electron chi connectivity index (χ3n) is 1.94. The molecule has 2 rings (SSSR count). The van der Waals surface area contributed by atoms with Crippen LogP contribution in [0.3, 0.4) is 0 Å². The van der Waals surface area contributed by atoms with Crippen molar-refractivity contribution in [2.75, 3.05) is 0 Å². The minimum atomic E-state index is -0.862. The van der Waals surface area contributed by atoms with E-state index in [9.17, 15) is 14.3 Å². The van der Waals surface area contributed by atoms with E-state index in [2.05, 4.69) is 21.2 Å². The Bertz CT molecular complexity index is 406. The molecule has 0 saturated carbocycles. The molecule has 0 atom stereocenters. The molecule has 3 nitrogen and oxygen atoms in total. The third-order valence-corrected chi connectivity index (χ3v) is 2.55. The molecular weight excluding hydrogens is 241 g/mol. The molecule has 0 fully saturated rings. The van der Waals surface area contributed by atoms with Gasteiger partial charge >= 0.3 is 0 Å². The monoisotopic (exact) mass is 245 g/mol. The molecule has 68 valence electrons. The highest BCUT2D eigenvalue weighted by Crippen LogP contribution is 2.33. The lowest BCUT2D eigenvalue weighted by Gasteiger charge is -2.02. The van der Waals surface area contributed by atoms with Crippen molar-refractivity contribution >= 4 is 21.8 Å². The number of benzene rings is 1. The van der Waals surface area contributed by atoms with Gasteiger partial charge in [-0.1, -0.05) is 0 Å². The molecule has 1 aliphatic heterocycles. The second-order valence-electron chi connectivity index (χ2n) is 2.74. The summed E-state index contributed by atoms with van der Waals surface area (Å²) in [6.07, 6.45) is 0. The second kappa shape index (κ2) is 2.70. The van der Waals surface area contributed by atoms with E-state index in [0.717, 1.165) is 0 Å². The molecule has 1 aliphatic rings. The Morgan fingerprint density at radius 2 is 2.31 bits per heavy atom. The first-order valence-corrected chi connectivity index (χ1v) is 4.38. The molecule has 1 heterocycles. The lowest BCUT2D eigenvalue weighted by molar-refractivity contribution is 0.0961. The number of hydrogen-bond acceptors (Lipinski definition) is 2. The van der Waals surface area contributed by atoms with Gasteiger partial charge in [0.05, 0.1) is 10.0 Å². The molecule has 0 saturated heterocycles. The van der Waals surface area contributed by atoms with Crippen LogP contribution < -0.4 is 5.32 Å². The molecule has 0 bridgehead atoms. The van der Waals surface area contributed by atoms with Crippen LogP contribution in [0, 0.1) is 5.82 Å². The smallest absolute Gasteiger partial charge is 0.255 e. The average Bonchev–Trinajstić information content (AvgIpc) is 2.43. The Morgan fingerprint density at radius 1 is 1.62 bits per heavy atom. The van der Waals surface area contributed by atoms with Crippen LogP contribution in [0.15, 0.2) is 10.5 Å². The molecule has 13 heavy (non-hydrogen) atoms. The van der Waals surface area contributed by atoms with E-state index in [1.165, 1.54) is 6.07 Å². The van der Waals surface area contributed by atoms with Crippen molar-refractivity contribution in [3.63, 3.8) is 0 Å². The van der Waals surface area contributed by atoms with Gasteiger partial charge in [-0.05, 0) is 27.6 Å². The topological polar surface area (TPSA) is 49.3 Å². The van der Waals surface area contributed by atoms with Crippen molar-refractivity contribution in [1.82, 2.24) is 5.32 Å². The normalized spacial score (nSPS) is 14.2. The van der Waals surface area contributed by atoms with Crippen LogP contribution in [0.1, 0.15) is 15.9 Å². The van der Waals surface area contributed by atoms with Crippen LogP contribution in [0.25, 0.3) is 0 Å². The Balaban J connectivity index is 2.75. The van der Waals surface area contributed by atoms with E-state index < -0.39 is 17.5 Å². The number of aromatic hydroxyl groups is 1. The largest absolute Gasteiger partial charge is 0.504 e. The fraction of sp³-hybridized carbons (Fsp3) is 0.125. The number of carbonyl (C=O) groups is 1. The number of rotatable bonds is 0. The van der Waals surface area contributed by atoms with Gasteiger partial charge in [0.1, 0.15) is 0 Å². The van der Waals surface area contributed by atoms with E-state index in [-0.39, 0.29) is 10.0 Å². The van der Waals surface area contributed by atoms with Crippen molar-refractivity contribution in [2.45, 2.75) is 6.54 Å². The fourth-order valence-electron chi connectivity index (χ4n) is 1.31. The Labute approximate surface area is 81.7 Å². The van der Waals surface area contributed by atoms with E-state index in [1.807, 2.05) is 0 Å². The second-order valence-corrected chi connectivity index (χ2v) is 3.59. The maximum Gasteiger partial charge on any atom is 0.255 e. The minimum absolute atomic E-state index is 0.0549. The summed E-state index contributed by atoms with van der Waals surface area (Å²) in [5.41, 5.74) is 0.507. The molecule has 0 aromatic heterocycles. The summed E-state index contributed by atoms with van der Waals surface area (Å²) in [5, 5.41) is 11.7. The quantitative estimate of drug-likeness (QED) is 0.729. The maximum absolute atomic E-state index is 13.3. The van der Waals surface area contributed by atoms with Crippen molar-refractivity contribution in [3.8, 4) is 5.75 Å². The first-order chi connectivity index (χ1) is 6.11. The predicted molar refractivity (Wildman–Crippen MR) is 46.9 cm³/mol. The number of phenolic OH excluding ortho intramolecular Hbond substituents is 1. The van der Waals surface area contributed by atoms with Gasteiger partial charge in [0.15, 0.2) is 11.6 Å². The van der Waals surface area contributed by atoms with E-state index in [4.69, 9.17) is 0 Å². The van der Waals surface area contributed by atoms with Crippen molar-refractivity contribution < 1.29 is 14.3 Å². The lowest BCUT2D eigenvalue weighted by Crippen LogP contribution is -2.13. The van der Waals surface area contributed by atoms with Gasteiger partial charge in [-0.2, -0.15) is 0 Å². The van der Waals surface area contributed by atoms with Gasteiger partial charge in [-0.25, -0.2) is 4.39 Å². The molecule has 0 radical (unpaired) electrons. The maximum atomic E-state index is 13.3. The van der Waals surface area contributed by atoms with E-state index >= 15 is 0 Å². The van der Waals surface area contributed by atoms with Crippen molar-refractivity contribution in [2.24, 2.45) is 0 Å². The minimum Gasteiger partial charge on any atom is -0.504 e. The van der Waals surface area contributed by atoms with Crippen LogP contribution in [0.5, 0.6) is 5.75 Å². The predicted octanol–water partition coefficient (Wildman–Crippen LogP) is 1.54. The average molecular weight is 246 g/mol. The summed E-state index contributed by atoms with van der Waals surface area (Å²) in [6.45, 7) is 0.309. The molecule has 0 aliphatic carbocycles. The Kier molecular flexibility index (Phi) is 1.76. The highest BCUT2D eigenvalue weighted by molar-refractivity contribution is 9.10. The standard InChI is InChI=1S/C8H5BrFNO2/c9-4-1-3-2-11-8(13)5(3)6(10)7(4)12/h1,12H,2H2,(H,11,13). The molecule has 1 amide bonds. The zero-order chi connectivity index (χ0) is 9.59. The number of amides is 1. The number of fused-ring (bicyclic) bond motifs is 1. The highest BCUT2D eigenvalue weighted by atomic mass is 79.9. The molecule has 1 aromatic rings. The van der Waals surface area contributed by atoms with Gasteiger partial charge in [0, 0.05) is 6.54 Å². The molecule has 0 spiro atoms. The molecule has 5 heteroatoms. The molecule has 2 N–H and O–H groups in total. The zero-order valence-electron chi connectivity index (χ0n) is 6.40. The van der Waals surface area contributed by atoms with Crippen molar-refractivity contribution in [3.05, 3.63) is 27.5 Å². The van der Waals surface area contributed by atoms with Crippen LogP contribution in [-0.4, -0.2) is 11.0 Å². The van der Waals surface area contributed by atoms with Gasteiger partial charge in [0.25, 0.3) is 5.91 Å². The number of phenols is 1. The zero-order valence-corrected chi connectivity index (χ0v) is 7.98. The van der Waals surface area contributed by atoms with E-state index in [1.54, 1.807) is 0 Å². The first-order valence-electron chi connectivity index (χ1n) is 3.59. The summed E-state index contributed by atoms with van der Waals surface area (Å²) < 4.78 is 13.5. The lowest BCUT2D eigenvalue weighted by atomic mass is 10.1. The number of hydrogen-bond donors (Lipinski definition) is 2. The van der Waals surface area contributed by atoms with Gasteiger partial charge in [0.2, 0.25) is 0 Å².